The van der Waals surface area contributed by atoms with E-state index in [9.17, 15) is 9.00 Å². The zero-order valence-electron chi connectivity index (χ0n) is 11.1. The van der Waals surface area contributed by atoms with Crippen LogP contribution in [0.3, 0.4) is 0 Å². The van der Waals surface area contributed by atoms with Gasteiger partial charge in [-0.1, -0.05) is 11.6 Å². The van der Waals surface area contributed by atoms with Crippen molar-refractivity contribution < 1.29 is 9.00 Å². The van der Waals surface area contributed by atoms with Crippen molar-refractivity contribution in [3.63, 3.8) is 0 Å². The fourth-order valence-corrected chi connectivity index (χ4v) is 2.66. The highest BCUT2D eigenvalue weighted by Crippen LogP contribution is 2.24. The van der Waals surface area contributed by atoms with Crippen molar-refractivity contribution in [3.05, 3.63) is 41.0 Å². The molecule has 0 saturated heterocycles. The summed E-state index contributed by atoms with van der Waals surface area (Å²) in [6.07, 6.45) is 3.97. The molecule has 1 amide bonds. The molecule has 0 saturated carbocycles. The molecule has 2 aromatic rings. The highest BCUT2D eigenvalue weighted by Gasteiger charge is 2.12. The van der Waals surface area contributed by atoms with E-state index in [-0.39, 0.29) is 5.91 Å². The third kappa shape index (κ3) is 3.55. The molecule has 0 aliphatic heterocycles. The number of pyridine rings is 1. The number of benzene rings is 1. The maximum absolute atomic E-state index is 12.1. The van der Waals surface area contributed by atoms with Crippen LogP contribution >= 0.6 is 11.6 Å². The van der Waals surface area contributed by atoms with Crippen molar-refractivity contribution in [2.45, 2.75) is 6.42 Å². The van der Waals surface area contributed by atoms with Crippen LogP contribution in [-0.2, 0) is 10.8 Å². The number of aromatic nitrogens is 1. The van der Waals surface area contributed by atoms with Crippen LogP contribution in [-0.4, -0.2) is 33.7 Å². The molecular weight excluding hydrogens is 296 g/mol. The van der Waals surface area contributed by atoms with Gasteiger partial charge < -0.3 is 5.32 Å². The van der Waals surface area contributed by atoms with Gasteiger partial charge in [0.1, 0.15) is 0 Å². The van der Waals surface area contributed by atoms with Gasteiger partial charge in [-0.05, 0) is 30.7 Å². The molecule has 0 aliphatic rings. The number of hydrogen-bond acceptors (Lipinski definition) is 3. The van der Waals surface area contributed by atoms with Crippen LogP contribution in [0.15, 0.2) is 30.5 Å². The second kappa shape index (κ2) is 6.81. The number of carbonyl (C=O) groups excluding carboxylic acids is 1. The van der Waals surface area contributed by atoms with E-state index in [2.05, 4.69) is 10.3 Å². The Labute approximate surface area is 125 Å². The van der Waals surface area contributed by atoms with Gasteiger partial charge in [0, 0.05) is 40.9 Å². The second-order valence-corrected chi connectivity index (χ2v) is 6.34. The SMILES string of the molecule is C[S@@](=O)CCCNC(=O)c1ccc(Cl)c2cccnc12. The minimum absolute atomic E-state index is 0.188. The molecule has 2 rings (SSSR count). The lowest BCUT2D eigenvalue weighted by Gasteiger charge is -2.08. The maximum atomic E-state index is 12.1. The van der Waals surface area contributed by atoms with Crippen molar-refractivity contribution in [2.24, 2.45) is 0 Å². The lowest BCUT2D eigenvalue weighted by molar-refractivity contribution is 0.0955. The lowest BCUT2D eigenvalue weighted by Crippen LogP contribution is -2.25. The molecule has 106 valence electrons. The van der Waals surface area contributed by atoms with Gasteiger partial charge >= 0.3 is 0 Å². The number of nitrogens with zero attached hydrogens (tertiary/aromatic N) is 1. The van der Waals surface area contributed by atoms with E-state index in [4.69, 9.17) is 11.6 Å². The van der Waals surface area contributed by atoms with Gasteiger partial charge in [0.25, 0.3) is 5.91 Å². The van der Waals surface area contributed by atoms with Crippen LogP contribution in [0.5, 0.6) is 0 Å². The van der Waals surface area contributed by atoms with E-state index in [0.717, 1.165) is 5.39 Å². The average Bonchev–Trinajstić information content (AvgIpc) is 2.44. The first-order valence-corrected chi connectivity index (χ1v) is 8.31. The van der Waals surface area contributed by atoms with Gasteiger partial charge in [0.05, 0.1) is 16.1 Å². The molecular formula is C14H15ClN2O2S. The van der Waals surface area contributed by atoms with Crippen LogP contribution in [0.2, 0.25) is 5.02 Å². The predicted octanol–water partition coefficient (Wildman–Crippen LogP) is 2.39. The van der Waals surface area contributed by atoms with Crippen molar-refractivity contribution in [1.29, 1.82) is 0 Å². The van der Waals surface area contributed by atoms with Crippen molar-refractivity contribution in [2.75, 3.05) is 18.6 Å². The quantitative estimate of drug-likeness (QED) is 0.863. The summed E-state index contributed by atoms with van der Waals surface area (Å²) in [6.45, 7) is 0.495. The van der Waals surface area contributed by atoms with Gasteiger partial charge in [-0.3, -0.25) is 14.0 Å². The molecule has 0 unspecified atom stereocenters. The molecule has 20 heavy (non-hydrogen) atoms. The minimum Gasteiger partial charge on any atom is -0.352 e. The Bertz CT molecular complexity index is 661. The highest BCUT2D eigenvalue weighted by molar-refractivity contribution is 7.84. The smallest absolute Gasteiger partial charge is 0.253 e. The Morgan fingerprint density at radius 1 is 1.40 bits per heavy atom. The van der Waals surface area contributed by atoms with Crippen LogP contribution in [0, 0.1) is 0 Å². The number of fused-ring (bicyclic) bond motifs is 1. The summed E-state index contributed by atoms with van der Waals surface area (Å²) in [7, 11) is -0.831. The highest BCUT2D eigenvalue weighted by atomic mass is 35.5. The number of hydrogen-bond donors (Lipinski definition) is 1. The average molecular weight is 311 g/mol. The van der Waals surface area contributed by atoms with Crippen LogP contribution in [0.1, 0.15) is 16.8 Å². The van der Waals surface area contributed by atoms with E-state index in [1.165, 1.54) is 0 Å². The first-order valence-electron chi connectivity index (χ1n) is 6.21. The third-order valence-electron chi connectivity index (χ3n) is 2.86. The molecule has 0 aliphatic carbocycles. The molecule has 4 nitrogen and oxygen atoms in total. The second-order valence-electron chi connectivity index (χ2n) is 4.38. The molecule has 0 radical (unpaired) electrons. The molecule has 1 atom stereocenters. The molecule has 0 fully saturated rings. The van der Waals surface area contributed by atoms with Gasteiger partial charge in [-0.2, -0.15) is 0 Å². The Hall–Kier alpha value is -1.46. The predicted molar refractivity (Wildman–Crippen MR) is 82.6 cm³/mol. The third-order valence-corrected chi connectivity index (χ3v) is 4.05. The Kier molecular flexibility index (Phi) is 5.09. The van der Waals surface area contributed by atoms with E-state index >= 15 is 0 Å². The van der Waals surface area contributed by atoms with E-state index in [0.29, 0.717) is 34.8 Å². The summed E-state index contributed by atoms with van der Waals surface area (Å²) < 4.78 is 10.9. The largest absolute Gasteiger partial charge is 0.352 e. The Morgan fingerprint density at radius 3 is 2.95 bits per heavy atom. The fraction of sp³-hybridized carbons (Fsp3) is 0.286. The molecule has 1 N–H and O–H groups in total. The van der Waals surface area contributed by atoms with Crippen molar-refractivity contribution in [3.8, 4) is 0 Å². The number of carbonyl (C=O) groups is 1. The summed E-state index contributed by atoms with van der Waals surface area (Å²) in [4.78, 5) is 16.4. The molecule has 1 aromatic heterocycles. The summed E-state index contributed by atoms with van der Waals surface area (Å²) in [5.41, 5.74) is 1.10. The minimum atomic E-state index is -0.831. The van der Waals surface area contributed by atoms with Gasteiger partial charge in [-0.15, -0.1) is 0 Å². The first-order chi connectivity index (χ1) is 9.59. The van der Waals surface area contributed by atoms with E-state index in [1.807, 2.05) is 6.07 Å². The summed E-state index contributed by atoms with van der Waals surface area (Å²) in [5, 5.41) is 4.15. The topological polar surface area (TPSA) is 59.1 Å². The zero-order chi connectivity index (χ0) is 14.5. The number of nitrogens with one attached hydrogen (secondary N) is 1. The van der Waals surface area contributed by atoms with Crippen LogP contribution in [0.4, 0.5) is 0 Å². The molecule has 0 bridgehead atoms. The van der Waals surface area contributed by atoms with Crippen LogP contribution < -0.4 is 5.32 Å². The van der Waals surface area contributed by atoms with Gasteiger partial charge in [0.2, 0.25) is 0 Å². The van der Waals surface area contributed by atoms with Crippen molar-refractivity contribution in [1.82, 2.24) is 10.3 Å². The number of rotatable bonds is 5. The van der Waals surface area contributed by atoms with Crippen molar-refractivity contribution >= 4 is 39.2 Å². The molecule has 6 heteroatoms. The Morgan fingerprint density at radius 2 is 2.20 bits per heavy atom. The van der Waals surface area contributed by atoms with Gasteiger partial charge in [0.15, 0.2) is 0 Å². The zero-order valence-corrected chi connectivity index (χ0v) is 12.6. The molecule has 1 heterocycles. The number of amides is 1. The lowest BCUT2D eigenvalue weighted by atomic mass is 10.1. The normalized spacial score (nSPS) is 12.3. The molecule has 1 aromatic carbocycles. The first kappa shape index (κ1) is 14.9. The maximum Gasteiger partial charge on any atom is 0.253 e. The summed E-state index contributed by atoms with van der Waals surface area (Å²) >= 11 is 6.09. The van der Waals surface area contributed by atoms with E-state index < -0.39 is 10.8 Å². The van der Waals surface area contributed by atoms with Gasteiger partial charge in [-0.25, -0.2) is 0 Å². The molecule has 0 spiro atoms. The fourth-order valence-electron chi connectivity index (χ4n) is 1.89. The van der Waals surface area contributed by atoms with E-state index in [1.54, 1.807) is 30.7 Å². The summed E-state index contributed by atoms with van der Waals surface area (Å²) in [6, 6.07) is 6.99. The van der Waals surface area contributed by atoms with Crippen LogP contribution in [0.25, 0.3) is 10.9 Å². The number of halogens is 1. The summed E-state index contributed by atoms with van der Waals surface area (Å²) in [5.74, 6) is 0.396. The standard InChI is InChI=1S/C14H15ClN2O2S/c1-20(19)9-3-8-17-14(18)11-5-6-12(15)10-4-2-7-16-13(10)11/h2,4-7H,3,8-9H2,1H3,(H,17,18)/t20-/m1/s1. The Balaban J connectivity index is 2.14. The monoisotopic (exact) mass is 310 g/mol.